The van der Waals surface area contributed by atoms with Crippen molar-refractivity contribution in [3.05, 3.63) is 63.6 Å². The van der Waals surface area contributed by atoms with Gasteiger partial charge in [0.05, 0.1) is 11.8 Å². The highest BCUT2D eigenvalue weighted by Gasteiger charge is 2.17. The van der Waals surface area contributed by atoms with Gasteiger partial charge in [-0.2, -0.15) is 0 Å². The molecule has 5 heteroatoms. The summed E-state index contributed by atoms with van der Waals surface area (Å²) in [6.07, 6.45) is 3.63. The molecule has 0 spiro atoms. The molecule has 3 rings (SSSR count). The summed E-state index contributed by atoms with van der Waals surface area (Å²) in [5.41, 5.74) is 2.57. The quantitative estimate of drug-likeness (QED) is 0.788. The highest BCUT2D eigenvalue weighted by Crippen LogP contribution is 2.16. The number of nitrogens with zero attached hydrogens (tertiary/aromatic N) is 1. The third-order valence-corrected chi connectivity index (χ3v) is 4.67. The molecule has 2 aromatic rings. The fourth-order valence-electron chi connectivity index (χ4n) is 3.24. The number of nitrogens with one attached hydrogen (secondary N) is 1. The molecule has 0 radical (unpaired) electrons. The number of hydrogen-bond donors (Lipinski definition) is 1. The molecule has 1 aromatic carbocycles. The summed E-state index contributed by atoms with van der Waals surface area (Å²) in [6.45, 7) is 3.86. The number of aldehydes is 1. The van der Waals surface area contributed by atoms with Gasteiger partial charge in [0.2, 0.25) is 0 Å². The number of carbonyl (C=O) groups is 1. The van der Waals surface area contributed by atoms with Gasteiger partial charge in [-0.25, -0.2) is 0 Å². The lowest BCUT2D eigenvalue weighted by Gasteiger charge is -2.17. The molecule has 1 aromatic heterocycles. The van der Waals surface area contributed by atoms with E-state index in [0.29, 0.717) is 25.1 Å². The van der Waals surface area contributed by atoms with E-state index in [9.17, 15) is 9.59 Å². The molecular weight excluding hydrogens is 316 g/mol. The van der Waals surface area contributed by atoms with Crippen molar-refractivity contribution in [3.8, 4) is 0 Å². The Labute approximate surface area is 147 Å². The Morgan fingerprint density at radius 1 is 1.32 bits per heavy atom. The summed E-state index contributed by atoms with van der Waals surface area (Å²) in [6, 6.07) is 11.9. The zero-order valence-corrected chi connectivity index (χ0v) is 14.5. The topological polar surface area (TPSA) is 60.3 Å². The first-order valence-corrected chi connectivity index (χ1v) is 8.78. The van der Waals surface area contributed by atoms with Crippen molar-refractivity contribution >= 4 is 12.0 Å². The average Bonchev–Trinajstić information content (AvgIpc) is 3.14. The van der Waals surface area contributed by atoms with Gasteiger partial charge in [-0.15, -0.1) is 0 Å². The number of aryl methyl sites for hydroxylation is 2. The molecule has 2 heterocycles. The number of aromatic nitrogens is 1. The summed E-state index contributed by atoms with van der Waals surface area (Å²) in [5.74, 6) is 0. The van der Waals surface area contributed by atoms with Crippen LogP contribution in [0.5, 0.6) is 0 Å². The predicted molar refractivity (Wildman–Crippen MR) is 98.4 cm³/mol. The number of ether oxygens (including phenoxy) is 1. The van der Waals surface area contributed by atoms with Crippen LogP contribution in [0.4, 0.5) is 5.69 Å². The molecule has 5 nitrogen and oxygen atoms in total. The van der Waals surface area contributed by atoms with E-state index >= 15 is 0 Å². The summed E-state index contributed by atoms with van der Waals surface area (Å²) < 4.78 is 7.26. The van der Waals surface area contributed by atoms with Gasteiger partial charge in [0.15, 0.2) is 6.29 Å². The van der Waals surface area contributed by atoms with Crippen LogP contribution in [-0.4, -0.2) is 30.1 Å². The first-order valence-electron chi connectivity index (χ1n) is 8.78. The van der Waals surface area contributed by atoms with Crippen LogP contribution in [0.3, 0.4) is 0 Å². The van der Waals surface area contributed by atoms with Gasteiger partial charge < -0.3 is 14.6 Å². The minimum Gasteiger partial charge on any atom is -0.382 e. The number of rotatable bonds is 7. The summed E-state index contributed by atoms with van der Waals surface area (Å²) in [4.78, 5) is 24.2. The Balaban J connectivity index is 1.77. The van der Waals surface area contributed by atoms with Crippen LogP contribution in [-0.2, 0) is 17.7 Å². The molecule has 1 saturated heterocycles. The Hall–Kier alpha value is -2.40. The number of benzene rings is 1. The van der Waals surface area contributed by atoms with Crippen LogP contribution in [0.25, 0.3) is 0 Å². The maximum absolute atomic E-state index is 12.7. The second-order valence-electron chi connectivity index (χ2n) is 6.44. The second-order valence-corrected chi connectivity index (χ2v) is 6.44. The first-order chi connectivity index (χ1) is 12.2. The van der Waals surface area contributed by atoms with Gasteiger partial charge in [-0.3, -0.25) is 9.59 Å². The molecule has 0 unspecified atom stereocenters. The Morgan fingerprint density at radius 2 is 2.12 bits per heavy atom. The van der Waals surface area contributed by atoms with Gasteiger partial charge in [-0.1, -0.05) is 30.3 Å². The van der Waals surface area contributed by atoms with Crippen LogP contribution in [0.1, 0.15) is 34.5 Å². The first kappa shape index (κ1) is 17.4. The molecule has 1 N–H and O–H groups in total. The normalized spacial score (nSPS) is 16.8. The van der Waals surface area contributed by atoms with E-state index in [2.05, 4.69) is 5.32 Å². The molecule has 1 fully saturated rings. The van der Waals surface area contributed by atoms with Crippen molar-refractivity contribution in [2.45, 2.75) is 38.8 Å². The summed E-state index contributed by atoms with van der Waals surface area (Å²) in [7, 11) is 0. The summed E-state index contributed by atoms with van der Waals surface area (Å²) >= 11 is 0. The standard InChI is InChI=1S/C20H24N2O3/c1-15-12-19(21-13-17-8-5-11-25-17)18(14-23)20(24)22(15)10-9-16-6-3-2-4-7-16/h2-4,6-7,12,14,17,21H,5,8-11,13H2,1H3/t17-/m0/s1. The van der Waals surface area contributed by atoms with Crippen LogP contribution < -0.4 is 10.9 Å². The molecule has 0 bridgehead atoms. The van der Waals surface area contributed by atoms with E-state index in [1.165, 1.54) is 5.56 Å². The Kier molecular flexibility index (Phi) is 5.66. The maximum atomic E-state index is 12.7. The van der Waals surface area contributed by atoms with Crippen LogP contribution >= 0.6 is 0 Å². The fourth-order valence-corrected chi connectivity index (χ4v) is 3.24. The van der Waals surface area contributed by atoms with Gasteiger partial charge in [-0.05, 0) is 37.8 Å². The molecule has 1 aliphatic rings. The summed E-state index contributed by atoms with van der Waals surface area (Å²) in [5, 5.41) is 3.22. The van der Waals surface area contributed by atoms with Crippen LogP contribution in [0.15, 0.2) is 41.2 Å². The molecular formula is C20H24N2O3. The fraction of sp³-hybridized carbons (Fsp3) is 0.400. The van der Waals surface area contributed by atoms with Crippen molar-refractivity contribution in [2.24, 2.45) is 0 Å². The minimum atomic E-state index is -0.235. The molecule has 132 valence electrons. The SMILES string of the molecule is Cc1cc(NC[C@@H]2CCCO2)c(C=O)c(=O)n1CCc1ccccc1. The minimum absolute atomic E-state index is 0.153. The van der Waals surface area contributed by atoms with Crippen molar-refractivity contribution in [2.75, 3.05) is 18.5 Å². The molecule has 1 atom stereocenters. The third-order valence-electron chi connectivity index (χ3n) is 4.67. The lowest BCUT2D eigenvalue weighted by atomic mass is 10.1. The molecule has 0 saturated carbocycles. The Morgan fingerprint density at radius 3 is 2.80 bits per heavy atom. The number of anilines is 1. The van der Waals surface area contributed by atoms with Crippen molar-refractivity contribution in [1.82, 2.24) is 4.57 Å². The predicted octanol–water partition coefficient (Wildman–Crippen LogP) is 2.80. The molecule has 0 aliphatic carbocycles. The highest BCUT2D eigenvalue weighted by molar-refractivity contribution is 5.83. The van der Waals surface area contributed by atoms with E-state index in [1.807, 2.05) is 43.3 Å². The van der Waals surface area contributed by atoms with E-state index < -0.39 is 0 Å². The zero-order valence-electron chi connectivity index (χ0n) is 14.5. The lowest BCUT2D eigenvalue weighted by molar-refractivity contribution is 0.112. The van der Waals surface area contributed by atoms with Gasteiger partial charge in [0.25, 0.3) is 5.56 Å². The van der Waals surface area contributed by atoms with Gasteiger partial charge in [0.1, 0.15) is 5.56 Å². The average molecular weight is 340 g/mol. The van der Waals surface area contributed by atoms with Crippen LogP contribution in [0, 0.1) is 6.92 Å². The zero-order chi connectivity index (χ0) is 17.6. The van der Waals surface area contributed by atoms with E-state index in [0.717, 1.165) is 31.6 Å². The maximum Gasteiger partial charge on any atom is 0.263 e. The van der Waals surface area contributed by atoms with Crippen LogP contribution in [0.2, 0.25) is 0 Å². The smallest absolute Gasteiger partial charge is 0.263 e. The number of carbonyl (C=O) groups excluding carboxylic acids is 1. The lowest BCUT2D eigenvalue weighted by Crippen LogP contribution is -2.29. The van der Waals surface area contributed by atoms with Crippen molar-refractivity contribution in [3.63, 3.8) is 0 Å². The number of hydrogen-bond acceptors (Lipinski definition) is 4. The van der Waals surface area contributed by atoms with E-state index in [4.69, 9.17) is 4.74 Å². The van der Waals surface area contributed by atoms with Gasteiger partial charge in [0, 0.05) is 25.4 Å². The number of pyridine rings is 1. The van der Waals surface area contributed by atoms with Gasteiger partial charge >= 0.3 is 0 Å². The van der Waals surface area contributed by atoms with Crippen molar-refractivity contribution < 1.29 is 9.53 Å². The molecule has 25 heavy (non-hydrogen) atoms. The highest BCUT2D eigenvalue weighted by atomic mass is 16.5. The third kappa shape index (κ3) is 4.17. The Bertz CT molecular complexity index is 778. The van der Waals surface area contributed by atoms with E-state index in [-0.39, 0.29) is 17.2 Å². The van der Waals surface area contributed by atoms with E-state index in [1.54, 1.807) is 4.57 Å². The second kappa shape index (κ2) is 8.12. The monoisotopic (exact) mass is 340 g/mol. The molecule has 1 aliphatic heterocycles. The largest absolute Gasteiger partial charge is 0.382 e. The van der Waals surface area contributed by atoms with Crippen molar-refractivity contribution in [1.29, 1.82) is 0 Å². The molecule has 0 amide bonds.